The van der Waals surface area contributed by atoms with E-state index >= 15 is 0 Å². The molecule has 0 aliphatic carbocycles. The van der Waals surface area contributed by atoms with E-state index in [9.17, 15) is 14.4 Å². The Kier molecular flexibility index (Phi) is 5.66. The molecule has 1 aliphatic rings. The molecule has 142 valence electrons. The Bertz CT molecular complexity index is 860. The zero-order valence-corrected chi connectivity index (χ0v) is 15.5. The maximum atomic E-state index is 12.4. The number of carbonyl (C=O) groups is 2. The fraction of sp³-hybridized carbons (Fsp3) is 0.368. The summed E-state index contributed by atoms with van der Waals surface area (Å²) in [5, 5.41) is 9.03. The van der Waals surface area contributed by atoms with Gasteiger partial charge in [0.15, 0.2) is 0 Å². The molecule has 1 aromatic heterocycles. The molecular formula is C19H23N5O3. The van der Waals surface area contributed by atoms with Crippen molar-refractivity contribution < 1.29 is 9.59 Å². The third-order valence-corrected chi connectivity index (χ3v) is 4.67. The van der Waals surface area contributed by atoms with Gasteiger partial charge in [0.05, 0.1) is 6.54 Å². The van der Waals surface area contributed by atoms with Crippen LogP contribution in [0.2, 0.25) is 0 Å². The number of carbonyl (C=O) groups excluding carboxylic acids is 2. The predicted molar refractivity (Wildman–Crippen MR) is 102 cm³/mol. The smallest absolute Gasteiger partial charge is 0.274 e. The summed E-state index contributed by atoms with van der Waals surface area (Å²) in [6, 6.07) is 8.61. The summed E-state index contributed by atoms with van der Waals surface area (Å²) in [5.74, 6) is -0.277. The molecule has 8 heteroatoms. The van der Waals surface area contributed by atoms with Crippen molar-refractivity contribution in [3.05, 3.63) is 57.5 Å². The Balaban J connectivity index is 1.52. The number of hydrogen-bond acceptors (Lipinski definition) is 5. The van der Waals surface area contributed by atoms with E-state index in [1.54, 1.807) is 4.90 Å². The Morgan fingerprint density at radius 3 is 2.33 bits per heavy atom. The predicted octanol–water partition coefficient (Wildman–Crippen LogP) is 0.783. The van der Waals surface area contributed by atoms with Gasteiger partial charge in [-0.15, -0.1) is 0 Å². The number of anilines is 1. The molecule has 2 heterocycles. The van der Waals surface area contributed by atoms with E-state index in [2.05, 4.69) is 15.5 Å². The van der Waals surface area contributed by atoms with Gasteiger partial charge in [0, 0.05) is 37.9 Å². The fourth-order valence-corrected chi connectivity index (χ4v) is 3.13. The number of aromatic nitrogens is 2. The molecule has 2 N–H and O–H groups in total. The van der Waals surface area contributed by atoms with Crippen LogP contribution in [0.4, 0.5) is 5.69 Å². The molecule has 1 aromatic carbocycles. The topological polar surface area (TPSA) is 98.4 Å². The Labute approximate surface area is 157 Å². The minimum Gasteiger partial charge on any atom is -0.335 e. The van der Waals surface area contributed by atoms with Crippen molar-refractivity contribution in [2.45, 2.75) is 13.8 Å². The standard InChI is InChI=1S/C19H23N5O3/c1-13-4-3-5-14(2)18(13)20-17(26)12-23-8-10-24(11-9-23)19(27)15-6-7-16(25)22-21-15/h3-7H,8-12H2,1-2H3,(H,20,26)(H,22,25). The summed E-state index contributed by atoms with van der Waals surface area (Å²) in [4.78, 5) is 39.5. The van der Waals surface area contributed by atoms with Crippen molar-refractivity contribution in [3.8, 4) is 0 Å². The number of amides is 2. The van der Waals surface area contributed by atoms with E-state index in [1.165, 1.54) is 12.1 Å². The second-order valence-corrected chi connectivity index (χ2v) is 6.69. The van der Waals surface area contributed by atoms with Gasteiger partial charge >= 0.3 is 0 Å². The minimum absolute atomic E-state index is 0.0607. The monoisotopic (exact) mass is 369 g/mol. The van der Waals surface area contributed by atoms with Crippen LogP contribution in [0.5, 0.6) is 0 Å². The van der Waals surface area contributed by atoms with Crippen molar-refractivity contribution >= 4 is 17.5 Å². The van der Waals surface area contributed by atoms with Gasteiger partial charge in [-0.3, -0.25) is 19.3 Å². The molecule has 0 bridgehead atoms. The van der Waals surface area contributed by atoms with Crippen LogP contribution in [0.3, 0.4) is 0 Å². The first-order valence-electron chi connectivity index (χ1n) is 8.87. The summed E-state index contributed by atoms with van der Waals surface area (Å²) in [6.45, 7) is 6.46. The highest BCUT2D eigenvalue weighted by molar-refractivity contribution is 5.94. The van der Waals surface area contributed by atoms with Crippen molar-refractivity contribution in [3.63, 3.8) is 0 Å². The number of nitrogens with zero attached hydrogens (tertiary/aromatic N) is 3. The molecule has 0 unspecified atom stereocenters. The van der Waals surface area contributed by atoms with Crippen molar-refractivity contribution in [1.82, 2.24) is 20.0 Å². The summed E-state index contributed by atoms with van der Waals surface area (Å²) in [7, 11) is 0. The van der Waals surface area contributed by atoms with Gasteiger partial charge in [-0.2, -0.15) is 5.10 Å². The number of nitrogens with one attached hydrogen (secondary N) is 2. The molecule has 1 fully saturated rings. The van der Waals surface area contributed by atoms with Crippen molar-refractivity contribution in [2.75, 3.05) is 38.0 Å². The molecule has 0 spiro atoms. The highest BCUT2D eigenvalue weighted by Gasteiger charge is 2.24. The first-order valence-corrected chi connectivity index (χ1v) is 8.87. The maximum Gasteiger partial charge on any atom is 0.274 e. The quantitative estimate of drug-likeness (QED) is 0.830. The number of rotatable bonds is 4. The molecule has 27 heavy (non-hydrogen) atoms. The van der Waals surface area contributed by atoms with E-state index in [0.717, 1.165) is 16.8 Å². The summed E-state index contributed by atoms with van der Waals surface area (Å²) in [5.41, 5.74) is 2.81. The average Bonchev–Trinajstić information content (AvgIpc) is 2.65. The van der Waals surface area contributed by atoms with Gasteiger partial charge in [-0.05, 0) is 31.0 Å². The van der Waals surface area contributed by atoms with E-state index in [-0.39, 0.29) is 29.6 Å². The van der Waals surface area contributed by atoms with Crippen molar-refractivity contribution in [1.29, 1.82) is 0 Å². The molecule has 0 atom stereocenters. The number of aryl methyl sites for hydroxylation is 2. The zero-order chi connectivity index (χ0) is 19.4. The highest BCUT2D eigenvalue weighted by atomic mass is 16.2. The SMILES string of the molecule is Cc1cccc(C)c1NC(=O)CN1CCN(C(=O)c2ccc(=O)[nH]n2)CC1. The lowest BCUT2D eigenvalue weighted by Gasteiger charge is -2.34. The number of H-pyrrole nitrogens is 1. The normalized spacial score (nSPS) is 14.8. The van der Waals surface area contributed by atoms with Crippen LogP contribution in [0.15, 0.2) is 35.1 Å². The fourth-order valence-electron chi connectivity index (χ4n) is 3.13. The van der Waals surface area contributed by atoms with Gasteiger partial charge in [-0.1, -0.05) is 18.2 Å². The number of para-hydroxylation sites is 1. The van der Waals surface area contributed by atoms with Crippen LogP contribution in [-0.2, 0) is 4.79 Å². The van der Waals surface area contributed by atoms with Gasteiger partial charge in [-0.25, -0.2) is 5.10 Å². The van der Waals surface area contributed by atoms with Gasteiger partial charge < -0.3 is 10.2 Å². The van der Waals surface area contributed by atoms with Crippen LogP contribution in [0.25, 0.3) is 0 Å². The van der Waals surface area contributed by atoms with Gasteiger partial charge in [0.25, 0.3) is 11.5 Å². The third kappa shape index (κ3) is 4.59. The largest absolute Gasteiger partial charge is 0.335 e. The second kappa shape index (κ2) is 8.13. The molecule has 1 aliphatic heterocycles. The Hall–Kier alpha value is -3.00. The third-order valence-electron chi connectivity index (χ3n) is 4.67. The second-order valence-electron chi connectivity index (χ2n) is 6.69. The number of aromatic amines is 1. The minimum atomic E-state index is -0.341. The molecule has 3 rings (SSSR count). The van der Waals surface area contributed by atoms with E-state index in [0.29, 0.717) is 26.2 Å². The van der Waals surface area contributed by atoms with Crippen LogP contribution >= 0.6 is 0 Å². The first kappa shape index (κ1) is 18.8. The molecule has 0 radical (unpaired) electrons. The van der Waals surface area contributed by atoms with E-state index in [1.807, 2.05) is 36.9 Å². The van der Waals surface area contributed by atoms with Crippen LogP contribution in [0, 0.1) is 13.8 Å². The summed E-state index contributed by atoms with van der Waals surface area (Å²) >= 11 is 0. The molecule has 8 nitrogen and oxygen atoms in total. The molecular weight excluding hydrogens is 346 g/mol. The maximum absolute atomic E-state index is 12.4. The van der Waals surface area contributed by atoms with Crippen LogP contribution < -0.4 is 10.9 Å². The van der Waals surface area contributed by atoms with E-state index in [4.69, 9.17) is 0 Å². The Morgan fingerprint density at radius 1 is 1.07 bits per heavy atom. The van der Waals surface area contributed by atoms with E-state index < -0.39 is 0 Å². The van der Waals surface area contributed by atoms with Crippen LogP contribution in [0.1, 0.15) is 21.6 Å². The number of hydrogen-bond donors (Lipinski definition) is 2. The molecule has 2 amide bonds. The van der Waals surface area contributed by atoms with Crippen LogP contribution in [-0.4, -0.2) is 64.5 Å². The summed E-state index contributed by atoms with van der Waals surface area (Å²) in [6.07, 6.45) is 0. The lowest BCUT2D eigenvalue weighted by Crippen LogP contribution is -2.50. The van der Waals surface area contributed by atoms with Gasteiger partial charge in [0.2, 0.25) is 5.91 Å². The first-order chi connectivity index (χ1) is 12.9. The highest BCUT2D eigenvalue weighted by Crippen LogP contribution is 2.19. The van der Waals surface area contributed by atoms with Crippen molar-refractivity contribution in [2.24, 2.45) is 0 Å². The number of piperazine rings is 1. The van der Waals surface area contributed by atoms with Gasteiger partial charge in [0.1, 0.15) is 5.69 Å². The average molecular weight is 369 g/mol. The molecule has 1 saturated heterocycles. The molecule has 2 aromatic rings. The molecule has 0 saturated carbocycles. The lowest BCUT2D eigenvalue weighted by molar-refractivity contribution is -0.117. The zero-order valence-electron chi connectivity index (χ0n) is 15.5. The Morgan fingerprint density at radius 2 is 1.74 bits per heavy atom. The lowest BCUT2D eigenvalue weighted by atomic mass is 10.1. The summed E-state index contributed by atoms with van der Waals surface area (Å²) < 4.78 is 0. The number of benzene rings is 1.